The summed E-state index contributed by atoms with van der Waals surface area (Å²) in [5, 5.41) is 3.50. The Hall–Kier alpha value is -0.0500. The number of hydrogen-bond donors (Lipinski definition) is 1. The van der Waals surface area contributed by atoms with Crippen LogP contribution in [0.2, 0.25) is 0 Å². The molecule has 2 aliphatic rings. The average Bonchev–Trinajstić information content (AvgIpc) is 2.67. The monoisotopic (exact) mass is 215 g/mol. The van der Waals surface area contributed by atoms with Crippen LogP contribution in [0.4, 0.5) is 0 Å². The van der Waals surface area contributed by atoms with Gasteiger partial charge in [-0.15, -0.1) is 11.6 Å². The first-order valence-electron chi connectivity index (χ1n) is 5.50. The normalized spacial score (nSPS) is 33.1. The smallest absolute Gasteiger partial charge is 0.0643 e. The minimum absolute atomic E-state index is 0.184. The lowest BCUT2D eigenvalue weighted by molar-refractivity contribution is 0.104. The molecule has 0 aliphatic carbocycles. The molecule has 0 spiro atoms. The van der Waals surface area contributed by atoms with Crippen molar-refractivity contribution >= 4 is 11.6 Å². The Bertz CT molecular complexity index is 211. The van der Waals surface area contributed by atoms with Crippen LogP contribution in [0.5, 0.6) is 0 Å². The van der Waals surface area contributed by atoms with Crippen LogP contribution in [0.15, 0.2) is 11.6 Å². The number of hydrogen-bond acceptors (Lipinski definition) is 2. The molecule has 2 aliphatic heterocycles. The van der Waals surface area contributed by atoms with Gasteiger partial charge < -0.3 is 10.1 Å². The van der Waals surface area contributed by atoms with Crippen molar-refractivity contribution in [1.29, 1.82) is 0 Å². The van der Waals surface area contributed by atoms with E-state index in [1.165, 1.54) is 18.4 Å². The Morgan fingerprint density at radius 2 is 2.50 bits per heavy atom. The molecule has 2 rings (SSSR count). The van der Waals surface area contributed by atoms with Crippen molar-refractivity contribution in [3.05, 3.63) is 11.6 Å². The molecule has 1 fully saturated rings. The van der Waals surface area contributed by atoms with Crippen LogP contribution in [0.3, 0.4) is 0 Å². The minimum Gasteiger partial charge on any atom is -0.378 e. The Morgan fingerprint density at radius 3 is 3.21 bits per heavy atom. The van der Waals surface area contributed by atoms with E-state index in [1.54, 1.807) is 0 Å². The zero-order chi connectivity index (χ0) is 9.80. The average molecular weight is 216 g/mol. The molecule has 2 atom stereocenters. The van der Waals surface area contributed by atoms with E-state index in [0.29, 0.717) is 6.10 Å². The fraction of sp³-hybridized carbons (Fsp3) is 0.818. The van der Waals surface area contributed by atoms with Crippen molar-refractivity contribution in [3.63, 3.8) is 0 Å². The van der Waals surface area contributed by atoms with E-state index in [-0.39, 0.29) is 5.38 Å². The molecule has 0 saturated carbocycles. The summed E-state index contributed by atoms with van der Waals surface area (Å²) in [6.45, 7) is 2.88. The van der Waals surface area contributed by atoms with Crippen molar-refractivity contribution in [2.75, 3.05) is 19.7 Å². The maximum absolute atomic E-state index is 6.04. The van der Waals surface area contributed by atoms with E-state index in [2.05, 4.69) is 11.4 Å². The van der Waals surface area contributed by atoms with E-state index in [0.717, 1.165) is 32.5 Å². The molecule has 80 valence electrons. The van der Waals surface area contributed by atoms with Gasteiger partial charge in [0.25, 0.3) is 0 Å². The minimum atomic E-state index is 0.184. The molecule has 2 heterocycles. The van der Waals surface area contributed by atoms with E-state index < -0.39 is 0 Å². The zero-order valence-electron chi connectivity index (χ0n) is 8.47. The highest BCUT2D eigenvalue weighted by molar-refractivity contribution is 6.22. The molecule has 14 heavy (non-hydrogen) atoms. The fourth-order valence-corrected chi connectivity index (χ4v) is 2.42. The van der Waals surface area contributed by atoms with E-state index >= 15 is 0 Å². The first-order valence-corrected chi connectivity index (χ1v) is 5.94. The van der Waals surface area contributed by atoms with Gasteiger partial charge in [-0.25, -0.2) is 0 Å². The van der Waals surface area contributed by atoms with Gasteiger partial charge in [-0.3, -0.25) is 0 Å². The lowest BCUT2D eigenvalue weighted by Crippen LogP contribution is -2.29. The van der Waals surface area contributed by atoms with Crippen LogP contribution in [-0.2, 0) is 4.74 Å². The van der Waals surface area contributed by atoms with Gasteiger partial charge in [-0.05, 0) is 25.7 Å². The van der Waals surface area contributed by atoms with Crippen LogP contribution < -0.4 is 5.32 Å². The summed E-state index contributed by atoms with van der Waals surface area (Å²) in [7, 11) is 0. The summed E-state index contributed by atoms with van der Waals surface area (Å²) in [5.74, 6) is 0. The van der Waals surface area contributed by atoms with E-state index in [1.807, 2.05) is 0 Å². The quantitative estimate of drug-likeness (QED) is 0.575. The van der Waals surface area contributed by atoms with Gasteiger partial charge >= 0.3 is 0 Å². The predicted molar refractivity (Wildman–Crippen MR) is 58.8 cm³/mol. The molecule has 0 radical (unpaired) electrons. The maximum Gasteiger partial charge on any atom is 0.0643 e. The number of ether oxygens (including phenoxy) is 1. The van der Waals surface area contributed by atoms with Crippen LogP contribution in [0.25, 0.3) is 0 Å². The third kappa shape index (κ3) is 2.97. The van der Waals surface area contributed by atoms with Gasteiger partial charge in [0.15, 0.2) is 0 Å². The lowest BCUT2D eigenvalue weighted by Gasteiger charge is -2.19. The van der Waals surface area contributed by atoms with Crippen molar-refractivity contribution in [2.45, 2.75) is 37.2 Å². The Balaban J connectivity index is 1.73. The topological polar surface area (TPSA) is 21.3 Å². The van der Waals surface area contributed by atoms with Gasteiger partial charge in [0.05, 0.1) is 11.5 Å². The molecule has 0 aromatic rings. The molecule has 1 N–H and O–H groups in total. The summed E-state index contributed by atoms with van der Waals surface area (Å²) in [6, 6.07) is 0. The third-order valence-corrected chi connectivity index (χ3v) is 3.20. The largest absolute Gasteiger partial charge is 0.378 e. The SMILES string of the molecule is ClC1C=C(CCC2CCCO2)CNC1. The molecule has 3 heteroatoms. The van der Waals surface area contributed by atoms with Crippen LogP contribution in [0, 0.1) is 0 Å². The van der Waals surface area contributed by atoms with Gasteiger partial charge in [0, 0.05) is 19.7 Å². The third-order valence-electron chi connectivity index (χ3n) is 2.92. The molecule has 2 unspecified atom stereocenters. The first kappa shape index (κ1) is 10.5. The molecule has 0 bridgehead atoms. The van der Waals surface area contributed by atoms with Crippen LogP contribution in [-0.4, -0.2) is 31.2 Å². The molecular formula is C11H18ClNO. The maximum atomic E-state index is 6.04. The zero-order valence-corrected chi connectivity index (χ0v) is 9.22. The summed E-state index contributed by atoms with van der Waals surface area (Å²) >= 11 is 6.04. The van der Waals surface area contributed by atoms with Crippen molar-refractivity contribution in [1.82, 2.24) is 5.32 Å². The van der Waals surface area contributed by atoms with E-state index in [4.69, 9.17) is 16.3 Å². The lowest BCUT2D eigenvalue weighted by atomic mass is 10.0. The molecule has 1 saturated heterocycles. The highest BCUT2D eigenvalue weighted by Crippen LogP contribution is 2.20. The number of alkyl halides is 1. The number of rotatable bonds is 3. The van der Waals surface area contributed by atoms with Crippen LogP contribution in [0.1, 0.15) is 25.7 Å². The molecule has 0 amide bonds. The second-order valence-corrected chi connectivity index (χ2v) is 4.71. The van der Waals surface area contributed by atoms with Crippen molar-refractivity contribution in [3.8, 4) is 0 Å². The number of nitrogens with one attached hydrogen (secondary N) is 1. The van der Waals surface area contributed by atoms with Gasteiger partial charge in [0.2, 0.25) is 0 Å². The summed E-state index contributed by atoms with van der Waals surface area (Å²) in [5.41, 5.74) is 1.45. The van der Waals surface area contributed by atoms with Crippen molar-refractivity contribution < 1.29 is 4.74 Å². The fourth-order valence-electron chi connectivity index (χ4n) is 2.13. The van der Waals surface area contributed by atoms with E-state index in [9.17, 15) is 0 Å². The molecule has 0 aromatic carbocycles. The second kappa shape index (κ2) is 5.15. The predicted octanol–water partition coefficient (Wildman–Crippen LogP) is 2.08. The van der Waals surface area contributed by atoms with Crippen LogP contribution >= 0.6 is 11.6 Å². The standard InChI is InChI=1S/C11H18ClNO/c12-10-6-9(7-13-8-10)3-4-11-2-1-5-14-11/h6,10-11,13H,1-5,7-8H2. The van der Waals surface area contributed by atoms with Crippen molar-refractivity contribution in [2.24, 2.45) is 0 Å². The first-order chi connectivity index (χ1) is 6.84. The number of halogens is 1. The highest BCUT2D eigenvalue weighted by atomic mass is 35.5. The molecule has 2 nitrogen and oxygen atoms in total. The second-order valence-electron chi connectivity index (χ2n) is 4.15. The highest BCUT2D eigenvalue weighted by Gasteiger charge is 2.17. The summed E-state index contributed by atoms with van der Waals surface area (Å²) in [6.07, 6.45) is 7.49. The summed E-state index contributed by atoms with van der Waals surface area (Å²) < 4.78 is 5.59. The van der Waals surface area contributed by atoms with Gasteiger partial charge in [0.1, 0.15) is 0 Å². The molecule has 0 aromatic heterocycles. The Morgan fingerprint density at radius 1 is 1.57 bits per heavy atom. The molecular weight excluding hydrogens is 198 g/mol. The van der Waals surface area contributed by atoms with Gasteiger partial charge in [-0.1, -0.05) is 11.6 Å². The Kier molecular flexibility index (Phi) is 3.85. The Labute approximate surface area is 90.7 Å². The summed E-state index contributed by atoms with van der Waals surface area (Å²) in [4.78, 5) is 0. The van der Waals surface area contributed by atoms with Gasteiger partial charge in [-0.2, -0.15) is 0 Å².